The third-order valence-corrected chi connectivity index (χ3v) is 4.21. The van der Waals surface area contributed by atoms with Gasteiger partial charge in [-0.05, 0) is 37.3 Å². The van der Waals surface area contributed by atoms with E-state index >= 15 is 0 Å². The SMILES string of the molecule is Nc1nc(CCCc2nc(N3CCCCC3)no2)cs1. The molecule has 0 atom stereocenters. The highest BCUT2D eigenvalue weighted by molar-refractivity contribution is 7.13. The van der Waals surface area contributed by atoms with Crippen molar-refractivity contribution < 1.29 is 4.52 Å². The minimum Gasteiger partial charge on any atom is -0.375 e. The zero-order valence-corrected chi connectivity index (χ0v) is 12.2. The summed E-state index contributed by atoms with van der Waals surface area (Å²) in [5, 5.41) is 6.71. The first-order valence-electron chi connectivity index (χ1n) is 7.09. The van der Waals surface area contributed by atoms with Crippen LogP contribution in [0.4, 0.5) is 11.1 Å². The molecular weight excluding hydrogens is 274 g/mol. The molecule has 2 N–H and O–H groups in total. The lowest BCUT2D eigenvalue weighted by atomic mass is 10.1. The van der Waals surface area contributed by atoms with E-state index in [0.717, 1.165) is 44.0 Å². The Bertz CT molecular complexity index is 546. The van der Waals surface area contributed by atoms with Crippen molar-refractivity contribution in [3.8, 4) is 0 Å². The fourth-order valence-corrected chi connectivity index (χ4v) is 3.03. The highest BCUT2D eigenvalue weighted by Crippen LogP contribution is 2.17. The van der Waals surface area contributed by atoms with Crippen LogP contribution in [0.3, 0.4) is 0 Å². The summed E-state index contributed by atoms with van der Waals surface area (Å²) in [7, 11) is 0. The third-order valence-electron chi connectivity index (χ3n) is 3.49. The summed E-state index contributed by atoms with van der Waals surface area (Å²) in [6.07, 6.45) is 6.38. The Morgan fingerprint density at radius 2 is 2.05 bits per heavy atom. The number of anilines is 2. The van der Waals surface area contributed by atoms with Gasteiger partial charge >= 0.3 is 0 Å². The summed E-state index contributed by atoms with van der Waals surface area (Å²) < 4.78 is 5.32. The first kappa shape index (κ1) is 13.4. The molecule has 108 valence electrons. The van der Waals surface area contributed by atoms with Crippen LogP contribution in [0.15, 0.2) is 9.90 Å². The van der Waals surface area contributed by atoms with Crippen molar-refractivity contribution in [3.05, 3.63) is 17.0 Å². The molecule has 2 aromatic rings. The van der Waals surface area contributed by atoms with Gasteiger partial charge in [0.2, 0.25) is 5.89 Å². The maximum absolute atomic E-state index is 5.61. The smallest absolute Gasteiger partial charge is 0.266 e. The normalized spacial score (nSPS) is 15.7. The van der Waals surface area contributed by atoms with Crippen molar-refractivity contribution in [2.24, 2.45) is 0 Å². The van der Waals surface area contributed by atoms with Gasteiger partial charge in [0.25, 0.3) is 5.95 Å². The lowest BCUT2D eigenvalue weighted by Crippen LogP contribution is -2.30. The number of nitrogen functional groups attached to an aromatic ring is 1. The van der Waals surface area contributed by atoms with Crippen molar-refractivity contribution in [2.75, 3.05) is 23.7 Å². The Morgan fingerprint density at radius 1 is 1.20 bits per heavy atom. The van der Waals surface area contributed by atoms with Gasteiger partial charge in [-0.15, -0.1) is 11.3 Å². The number of rotatable bonds is 5. The molecule has 0 radical (unpaired) electrons. The van der Waals surface area contributed by atoms with Crippen LogP contribution in [0.2, 0.25) is 0 Å². The third kappa shape index (κ3) is 3.27. The fraction of sp³-hybridized carbons (Fsp3) is 0.615. The lowest BCUT2D eigenvalue weighted by molar-refractivity contribution is 0.373. The Kier molecular flexibility index (Phi) is 4.15. The van der Waals surface area contributed by atoms with E-state index in [0.29, 0.717) is 11.0 Å². The van der Waals surface area contributed by atoms with Gasteiger partial charge in [-0.1, -0.05) is 0 Å². The fourth-order valence-electron chi connectivity index (χ4n) is 2.43. The summed E-state index contributed by atoms with van der Waals surface area (Å²) in [4.78, 5) is 10.9. The van der Waals surface area contributed by atoms with Gasteiger partial charge in [-0.3, -0.25) is 0 Å². The molecule has 0 amide bonds. The molecule has 6 nitrogen and oxygen atoms in total. The number of aryl methyl sites for hydroxylation is 2. The van der Waals surface area contributed by atoms with E-state index < -0.39 is 0 Å². The molecule has 1 saturated heterocycles. The molecular formula is C13H19N5OS. The average Bonchev–Trinajstić information content (AvgIpc) is 3.09. The molecule has 0 spiro atoms. The summed E-state index contributed by atoms with van der Waals surface area (Å²) in [5.74, 6) is 1.46. The largest absolute Gasteiger partial charge is 0.375 e. The van der Waals surface area contributed by atoms with E-state index in [4.69, 9.17) is 10.3 Å². The molecule has 2 aromatic heterocycles. The lowest BCUT2D eigenvalue weighted by Gasteiger charge is -2.24. The first-order valence-corrected chi connectivity index (χ1v) is 7.96. The summed E-state index contributed by atoms with van der Waals surface area (Å²) >= 11 is 1.48. The van der Waals surface area contributed by atoms with Gasteiger partial charge in [0.05, 0.1) is 5.69 Å². The van der Waals surface area contributed by atoms with Crippen LogP contribution in [-0.2, 0) is 12.8 Å². The highest BCUT2D eigenvalue weighted by Gasteiger charge is 2.16. The summed E-state index contributed by atoms with van der Waals surface area (Å²) in [6, 6.07) is 0. The zero-order valence-electron chi connectivity index (χ0n) is 11.4. The van der Waals surface area contributed by atoms with Gasteiger partial charge in [0, 0.05) is 24.9 Å². The molecule has 0 unspecified atom stereocenters. The van der Waals surface area contributed by atoms with E-state index in [1.54, 1.807) is 0 Å². The van der Waals surface area contributed by atoms with E-state index in [-0.39, 0.29) is 0 Å². The molecule has 1 aliphatic heterocycles. The molecule has 1 fully saturated rings. The number of aromatic nitrogens is 3. The topological polar surface area (TPSA) is 81.1 Å². The maximum Gasteiger partial charge on any atom is 0.266 e. The minimum absolute atomic E-state index is 0.630. The monoisotopic (exact) mass is 293 g/mol. The minimum atomic E-state index is 0.630. The number of nitrogens with zero attached hydrogens (tertiary/aromatic N) is 4. The number of nitrogens with two attached hydrogens (primary N) is 1. The van der Waals surface area contributed by atoms with Gasteiger partial charge in [-0.25, -0.2) is 4.98 Å². The number of hydrogen-bond donors (Lipinski definition) is 1. The Balaban J connectivity index is 1.49. The standard InChI is InChI=1S/C13H19N5OS/c14-12-15-10(9-20-12)5-4-6-11-16-13(17-19-11)18-7-2-1-3-8-18/h9H,1-8H2,(H2,14,15). The molecule has 0 aliphatic carbocycles. The summed E-state index contributed by atoms with van der Waals surface area (Å²) in [5.41, 5.74) is 6.65. The van der Waals surface area contributed by atoms with E-state index in [2.05, 4.69) is 20.0 Å². The Hall–Kier alpha value is -1.63. The van der Waals surface area contributed by atoms with Crippen LogP contribution in [0.25, 0.3) is 0 Å². The second kappa shape index (κ2) is 6.21. The van der Waals surface area contributed by atoms with Crippen molar-refractivity contribution in [1.82, 2.24) is 15.1 Å². The molecule has 7 heteroatoms. The van der Waals surface area contributed by atoms with E-state index in [1.165, 1.54) is 30.6 Å². The second-order valence-electron chi connectivity index (χ2n) is 5.07. The molecule has 3 rings (SSSR count). The van der Waals surface area contributed by atoms with Gasteiger partial charge in [0.1, 0.15) is 0 Å². The van der Waals surface area contributed by atoms with Gasteiger partial charge in [-0.2, -0.15) is 4.98 Å². The molecule has 3 heterocycles. The van der Waals surface area contributed by atoms with Crippen LogP contribution in [0.1, 0.15) is 37.3 Å². The predicted molar refractivity (Wildman–Crippen MR) is 78.9 cm³/mol. The predicted octanol–water partition coefficient (Wildman–Crippen LogP) is 2.27. The first-order chi connectivity index (χ1) is 9.81. The average molecular weight is 293 g/mol. The molecule has 0 bridgehead atoms. The Morgan fingerprint density at radius 3 is 2.80 bits per heavy atom. The summed E-state index contributed by atoms with van der Waals surface area (Å²) in [6.45, 7) is 2.08. The molecule has 1 aliphatic rings. The Labute approximate surface area is 122 Å². The van der Waals surface area contributed by atoms with Crippen LogP contribution in [0, 0.1) is 0 Å². The van der Waals surface area contributed by atoms with Crippen molar-refractivity contribution in [3.63, 3.8) is 0 Å². The quantitative estimate of drug-likeness (QED) is 0.910. The van der Waals surface area contributed by atoms with E-state index in [9.17, 15) is 0 Å². The number of hydrogen-bond acceptors (Lipinski definition) is 7. The van der Waals surface area contributed by atoms with Crippen LogP contribution >= 0.6 is 11.3 Å². The zero-order chi connectivity index (χ0) is 13.8. The van der Waals surface area contributed by atoms with Gasteiger partial charge < -0.3 is 15.2 Å². The maximum atomic E-state index is 5.61. The number of thiazole rings is 1. The van der Waals surface area contributed by atoms with Crippen LogP contribution < -0.4 is 10.6 Å². The van der Waals surface area contributed by atoms with Crippen molar-refractivity contribution >= 4 is 22.4 Å². The molecule has 0 aromatic carbocycles. The van der Waals surface area contributed by atoms with Crippen LogP contribution in [0.5, 0.6) is 0 Å². The second-order valence-corrected chi connectivity index (χ2v) is 5.96. The van der Waals surface area contributed by atoms with Crippen molar-refractivity contribution in [1.29, 1.82) is 0 Å². The highest BCUT2D eigenvalue weighted by atomic mass is 32.1. The number of piperidine rings is 1. The van der Waals surface area contributed by atoms with E-state index in [1.807, 2.05) is 5.38 Å². The molecule has 20 heavy (non-hydrogen) atoms. The van der Waals surface area contributed by atoms with Crippen LogP contribution in [-0.4, -0.2) is 28.2 Å². The van der Waals surface area contributed by atoms with Gasteiger partial charge in [0.15, 0.2) is 5.13 Å². The van der Waals surface area contributed by atoms with Crippen molar-refractivity contribution in [2.45, 2.75) is 38.5 Å². The molecule has 0 saturated carbocycles.